The topological polar surface area (TPSA) is 116 Å². The van der Waals surface area contributed by atoms with Crippen LogP contribution in [0.3, 0.4) is 0 Å². The number of esters is 1. The summed E-state index contributed by atoms with van der Waals surface area (Å²) in [5.74, 6) is -1.17. The van der Waals surface area contributed by atoms with Crippen LogP contribution in [0.25, 0.3) is 10.1 Å². The quantitative estimate of drug-likeness (QED) is 0.618. The number of benzene rings is 2. The smallest absolute Gasteiger partial charge is 0.349 e. The number of ether oxygens (including phenoxy) is 1. The van der Waals surface area contributed by atoms with E-state index in [-0.39, 0.29) is 10.6 Å². The van der Waals surface area contributed by atoms with Crippen LogP contribution in [0.5, 0.6) is 0 Å². The van der Waals surface area contributed by atoms with Crippen molar-refractivity contribution in [2.24, 2.45) is 5.14 Å². The number of aryl methyl sites for hydroxylation is 2. The number of hydrogen-bond donors (Lipinski definition) is 2. The van der Waals surface area contributed by atoms with Gasteiger partial charge in [0, 0.05) is 10.4 Å². The lowest BCUT2D eigenvalue weighted by Gasteiger charge is -2.09. The Bertz CT molecular complexity index is 1180. The highest BCUT2D eigenvalue weighted by Gasteiger charge is 2.18. The second-order valence-electron chi connectivity index (χ2n) is 6.20. The fraction of sp³-hybridized carbons (Fsp3) is 0.158. The zero-order chi connectivity index (χ0) is 20.5. The van der Waals surface area contributed by atoms with Crippen LogP contribution in [-0.2, 0) is 19.6 Å². The minimum Gasteiger partial charge on any atom is -0.451 e. The molecule has 1 heterocycles. The van der Waals surface area contributed by atoms with Crippen molar-refractivity contribution in [2.75, 3.05) is 11.9 Å². The van der Waals surface area contributed by atoms with Crippen LogP contribution in [0.1, 0.15) is 20.8 Å². The lowest BCUT2D eigenvalue weighted by atomic mass is 10.1. The van der Waals surface area contributed by atoms with E-state index in [1.807, 2.05) is 31.2 Å². The van der Waals surface area contributed by atoms with Gasteiger partial charge in [-0.25, -0.2) is 18.4 Å². The van der Waals surface area contributed by atoms with Crippen LogP contribution in [0.2, 0.25) is 0 Å². The first-order chi connectivity index (χ1) is 13.2. The predicted molar refractivity (Wildman–Crippen MR) is 108 cm³/mol. The third kappa shape index (κ3) is 4.22. The highest BCUT2D eigenvalue weighted by molar-refractivity contribution is 7.89. The van der Waals surface area contributed by atoms with Gasteiger partial charge in [0.1, 0.15) is 4.88 Å². The second kappa shape index (κ2) is 7.70. The maximum atomic E-state index is 12.3. The van der Waals surface area contributed by atoms with Crippen molar-refractivity contribution < 1.29 is 22.7 Å². The summed E-state index contributed by atoms with van der Waals surface area (Å²) in [7, 11) is -3.91. The Hall–Kier alpha value is -2.75. The Kier molecular flexibility index (Phi) is 5.50. The third-order valence-electron chi connectivity index (χ3n) is 4.14. The van der Waals surface area contributed by atoms with E-state index in [0.29, 0.717) is 10.4 Å². The second-order valence-corrected chi connectivity index (χ2v) is 8.78. The molecule has 146 valence electrons. The Morgan fingerprint density at radius 2 is 1.86 bits per heavy atom. The summed E-state index contributed by atoms with van der Waals surface area (Å²) >= 11 is 1.31. The van der Waals surface area contributed by atoms with Gasteiger partial charge in [0.15, 0.2) is 6.61 Å². The zero-order valence-electron chi connectivity index (χ0n) is 15.2. The molecule has 1 aromatic heterocycles. The lowest BCUT2D eigenvalue weighted by Crippen LogP contribution is -2.21. The minimum atomic E-state index is -3.91. The molecule has 3 rings (SSSR count). The predicted octanol–water partition coefficient (Wildman–Crippen LogP) is 2.96. The van der Waals surface area contributed by atoms with Crippen molar-refractivity contribution in [3.05, 3.63) is 58.5 Å². The van der Waals surface area contributed by atoms with E-state index >= 15 is 0 Å². The van der Waals surface area contributed by atoms with Gasteiger partial charge in [-0.15, -0.1) is 11.3 Å². The van der Waals surface area contributed by atoms with Crippen LogP contribution in [-0.4, -0.2) is 26.9 Å². The van der Waals surface area contributed by atoms with Crippen molar-refractivity contribution in [1.82, 2.24) is 0 Å². The van der Waals surface area contributed by atoms with Gasteiger partial charge in [-0.2, -0.15) is 0 Å². The molecule has 0 atom stereocenters. The van der Waals surface area contributed by atoms with E-state index in [1.54, 1.807) is 13.0 Å². The summed E-state index contributed by atoms with van der Waals surface area (Å²) in [6, 6.07) is 11.9. The van der Waals surface area contributed by atoms with Crippen molar-refractivity contribution in [2.45, 2.75) is 18.7 Å². The monoisotopic (exact) mass is 418 g/mol. The number of primary sulfonamides is 1. The summed E-state index contributed by atoms with van der Waals surface area (Å²) in [6.07, 6.45) is 0. The van der Waals surface area contributed by atoms with Gasteiger partial charge in [-0.3, -0.25) is 4.79 Å². The Labute approximate surface area is 166 Å². The number of carbonyl (C=O) groups excluding carboxylic acids is 2. The highest BCUT2D eigenvalue weighted by Crippen LogP contribution is 2.31. The number of nitrogens with two attached hydrogens (primary N) is 1. The molecule has 0 bridgehead atoms. The molecule has 2 aromatic carbocycles. The number of thiophene rings is 1. The largest absolute Gasteiger partial charge is 0.451 e. The van der Waals surface area contributed by atoms with Gasteiger partial charge in [0.25, 0.3) is 5.91 Å². The molecule has 3 aromatic rings. The molecule has 0 aliphatic rings. The van der Waals surface area contributed by atoms with Crippen molar-refractivity contribution >= 4 is 49.0 Å². The molecular weight excluding hydrogens is 400 g/mol. The minimum absolute atomic E-state index is 0.0804. The molecule has 0 radical (unpaired) electrons. The van der Waals surface area contributed by atoms with Crippen molar-refractivity contribution in [3.8, 4) is 0 Å². The molecule has 3 N–H and O–H groups in total. The first kappa shape index (κ1) is 20.0. The molecule has 0 saturated carbocycles. The number of nitrogens with one attached hydrogen (secondary N) is 1. The van der Waals surface area contributed by atoms with E-state index in [0.717, 1.165) is 15.6 Å². The molecule has 1 amide bonds. The maximum Gasteiger partial charge on any atom is 0.349 e. The van der Waals surface area contributed by atoms with Gasteiger partial charge in [0.2, 0.25) is 10.0 Å². The number of carbonyl (C=O) groups is 2. The zero-order valence-corrected chi connectivity index (χ0v) is 16.8. The summed E-state index contributed by atoms with van der Waals surface area (Å²) < 4.78 is 29.2. The molecule has 9 heteroatoms. The molecule has 0 aliphatic carbocycles. The van der Waals surface area contributed by atoms with Crippen molar-refractivity contribution in [1.29, 1.82) is 0 Å². The fourth-order valence-electron chi connectivity index (χ4n) is 2.75. The van der Waals surface area contributed by atoms with E-state index in [2.05, 4.69) is 5.32 Å². The van der Waals surface area contributed by atoms with Crippen LogP contribution >= 0.6 is 11.3 Å². The van der Waals surface area contributed by atoms with Crippen LogP contribution in [0.15, 0.2) is 47.4 Å². The van der Waals surface area contributed by atoms with E-state index < -0.39 is 28.5 Å². The number of amides is 1. The number of hydrogen-bond acceptors (Lipinski definition) is 6. The van der Waals surface area contributed by atoms with Gasteiger partial charge >= 0.3 is 5.97 Å². The maximum absolute atomic E-state index is 12.3. The third-order valence-corrected chi connectivity index (χ3v) is 6.45. The van der Waals surface area contributed by atoms with E-state index in [4.69, 9.17) is 9.88 Å². The molecule has 0 aliphatic heterocycles. The van der Waals surface area contributed by atoms with Crippen LogP contribution in [0.4, 0.5) is 5.69 Å². The molecule has 0 spiro atoms. The first-order valence-electron chi connectivity index (χ1n) is 8.25. The molecular formula is C19H18N2O5S2. The molecule has 28 heavy (non-hydrogen) atoms. The Morgan fingerprint density at radius 1 is 1.14 bits per heavy atom. The standard InChI is InChI=1S/C19H18N2O5S2/c1-11-7-8-13(9-16(11)28(20,24)25)21-17(22)10-26-19(23)18-12(2)14-5-3-4-6-15(14)27-18/h3-9H,10H2,1-2H3,(H,21,22)(H2,20,24,25). The Balaban J connectivity index is 1.67. The highest BCUT2D eigenvalue weighted by atomic mass is 32.2. The normalized spacial score (nSPS) is 11.4. The lowest BCUT2D eigenvalue weighted by molar-refractivity contribution is -0.119. The molecule has 0 fully saturated rings. The summed E-state index contributed by atoms with van der Waals surface area (Å²) in [5, 5.41) is 8.63. The summed E-state index contributed by atoms with van der Waals surface area (Å²) in [5.41, 5.74) is 1.52. The first-order valence-corrected chi connectivity index (χ1v) is 10.6. The average molecular weight is 418 g/mol. The summed E-state index contributed by atoms with van der Waals surface area (Å²) in [4.78, 5) is 24.8. The number of anilines is 1. The fourth-order valence-corrected chi connectivity index (χ4v) is 4.66. The van der Waals surface area contributed by atoms with Gasteiger partial charge in [-0.1, -0.05) is 24.3 Å². The van der Waals surface area contributed by atoms with Gasteiger partial charge in [-0.05, 0) is 48.6 Å². The van der Waals surface area contributed by atoms with Crippen LogP contribution < -0.4 is 10.5 Å². The van der Waals surface area contributed by atoms with Crippen LogP contribution in [0, 0.1) is 13.8 Å². The summed E-state index contributed by atoms with van der Waals surface area (Å²) in [6.45, 7) is 2.93. The SMILES string of the molecule is Cc1ccc(NC(=O)COC(=O)c2sc3ccccc3c2C)cc1S(N)(=O)=O. The Morgan fingerprint density at radius 3 is 2.54 bits per heavy atom. The number of fused-ring (bicyclic) bond motifs is 1. The van der Waals surface area contributed by atoms with E-state index in [9.17, 15) is 18.0 Å². The van der Waals surface area contributed by atoms with Gasteiger partial charge < -0.3 is 10.1 Å². The molecule has 0 unspecified atom stereocenters. The molecule has 7 nitrogen and oxygen atoms in total. The molecule has 0 saturated heterocycles. The van der Waals surface area contributed by atoms with Gasteiger partial charge in [0.05, 0.1) is 4.90 Å². The van der Waals surface area contributed by atoms with E-state index in [1.165, 1.54) is 23.5 Å². The van der Waals surface area contributed by atoms with Crippen molar-refractivity contribution in [3.63, 3.8) is 0 Å². The number of sulfonamides is 1. The average Bonchev–Trinajstić information content (AvgIpc) is 2.97. The number of rotatable bonds is 5.